The van der Waals surface area contributed by atoms with E-state index in [0.29, 0.717) is 12.1 Å². The van der Waals surface area contributed by atoms with Gasteiger partial charge in [-0.3, -0.25) is 4.90 Å². The number of rotatable bonds is 5. The molecular formula is C16H24BrClN2. The molecule has 0 aromatic heterocycles. The summed E-state index contributed by atoms with van der Waals surface area (Å²) in [6.45, 7) is 7.81. The van der Waals surface area contributed by atoms with Crippen molar-refractivity contribution < 1.29 is 0 Å². The zero-order valence-corrected chi connectivity index (χ0v) is 14.7. The molecule has 1 fully saturated rings. The highest BCUT2D eigenvalue weighted by molar-refractivity contribution is 9.10. The van der Waals surface area contributed by atoms with E-state index in [1.165, 1.54) is 31.4 Å². The Morgan fingerprint density at radius 3 is 2.80 bits per heavy atom. The number of hydrogen-bond donors (Lipinski definition) is 1. The second-order valence-electron chi connectivity index (χ2n) is 5.92. The Kier molecular flexibility index (Phi) is 6.34. The Morgan fingerprint density at radius 2 is 2.20 bits per heavy atom. The van der Waals surface area contributed by atoms with E-state index in [-0.39, 0.29) is 0 Å². The molecule has 2 rings (SSSR count). The molecule has 1 aromatic rings. The average Bonchev–Trinajstić information content (AvgIpc) is 2.43. The van der Waals surface area contributed by atoms with E-state index in [0.717, 1.165) is 22.6 Å². The Hall–Kier alpha value is -0.0900. The van der Waals surface area contributed by atoms with Gasteiger partial charge in [-0.1, -0.05) is 24.1 Å². The first-order chi connectivity index (χ1) is 9.56. The fraction of sp³-hybridized carbons (Fsp3) is 0.625. The molecule has 0 aliphatic carbocycles. The van der Waals surface area contributed by atoms with E-state index >= 15 is 0 Å². The third-order valence-corrected chi connectivity index (χ3v) is 5.18. The standard InChI is InChI=1S/C16H24BrClN2/c1-12(2)20(11-14-5-3-4-8-19-14)10-13-6-7-16(18)15(17)9-13/h6-7,9,12,14,19H,3-5,8,10-11H2,1-2H3. The molecule has 20 heavy (non-hydrogen) atoms. The molecule has 1 atom stereocenters. The van der Waals surface area contributed by atoms with Gasteiger partial charge < -0.3 is 5.32 Å². The molecule has 0 spiro atoms. The van der Waals surface area contributed by atoms with Crippen molar-refractivity contribution in [2.24, 2.45) is 0 Å². The largest absolute Gasteiger partial charge is 0.313 e. The summed E-state index contributed by atoms with van der Waals surface area (Å²) in [6.07, 6.45) is 3.98. The van der Waals surface area contributed by atoms with Gasteiger partial charge >= 0.3 is 0 Å². The van der Waals surface area contributed by atoms with Crippen LogP contribution >= 0.6 is 27.5 Å². The van der Waals surface area contributed by atoms with Crippen molar-refractivity contribution in [1.29, 1.82) is 0 Å². The van der Waals surface area contributed by atoms with Gasteiger partial charge in [-0.25, -0.2) is 0 Å². The van der Waals surface area contributed by atoms with Gasteiger partial charge in [0.25, 0.3) is 0 Å². The van der Waals surface area contributed by atoms with E-state index in [9.17, 15) is 0 Å². The van der Waals surface area contributed by atoms with Crippen LogP contribution in [0.3, 0.4) is 0 Å². The monoisotopic (exact) mass is 358 g/mol. The van der Waals surface area contributed by atoms with Crippen LogP contribution in [0.15, 0.2) is 22.7 Å². The number of benzene rings is 1. The van der Waals surface area contributed by atoms with Crippen LogP contribution in [0.1, 0.15) is 38.7 Å². The average molecular weight is 360 g/mol. The molecular weight excluding hydrogens is 336 g/mol. The summed E-state index contributed by atoms with van der Waals surface area (Å²) in [5, 5.41) is 4.42. The second-order valence-corrected chi connectivity index (χ2v) is 7.18. The molecule has 1 unspecified atom stereocenters. The third-order valence-electron chi connectivity index (χ3n) is 3.97. The van der Waals surface area contributed by atoms with E-state index in [4.69, 9.17) is 11.6 Å². The molecule has 1 aromatic carbocycles. The molecule has 0 amide bonds. The summed E-state index contributed by atoms with van der Waals surface area (Å²) >= 11 is 9.57. The third kappa shape index (κ3) is 4.73. The molecule has 0 bridgehead atoms. The minimum Gasteiger partial charge on any atom is -0.313 e. The SMILES string of the molecule is CC(C)N(Cc1ccc(Cl)c(Br)c1)CC1CCCCN1. The lowest BCUT2D eigenvalue weighted by molar-refractivity contribution is 0.177. The molecule has 1 heterocycles. The Bertz CT molecular complexity index is 430. The molecule has 2 nitrogen and oxygen atoms in total. The van der Waals surface area contributed by atoms with Gasteiger partial charge in [0.15, 0.2) is 0 Å². The maximum absolute atomic E-state index is 6.06. The van der Waals surface area contributed by atoms with Crippen LogP contribution in [-0.2, 0) is 6.54 Å². The lowest BCUT2D eigenvalue weighted by Crippen LogP contribution is -2.45. The van der Waals surface area contributed by atoms with Crippen LogP contribution < -0.4 is 5.32 Å². The molecule has 0 saturated carbocycles. The summed E-state index contributed by atoms with van der Waals surface area (Å²) in [4.78, 5) is 2.54. The summed E-state index contributed by atoms with van der Waals surface area (Å²) < 4.78 is 0.983. The van der Waals surface area contributed by atoms with Gasteiger partial charge in [0, 0.05) is 29.6 Å². The van der Waals surface area contributed by atoms with Crippen molar-refractivity contribution in [2.75, 3.05) is 13.1 Å². The Morgan fingerprint density at radius 1 is 1.40 bits per heavy atom. The van der Waals surface area contributed by atoms with Gasteiger partial charge in [0.05, 0.1) is 5.02 Å². The van der Waals surface area contributed by atoms with Crippen molar-refractivity contribution in [2.45, 2.75) is 51.7 Å². The van der Waals surface area contributed by atoms with Crippen molar-refractivity contribution in [3.8, 4) is 0 Å². The van der Waals surface area contributed by atoms with E-state index in [1.54, 1.807) is 0 Å². The first-order valence-corrected chi connectivity index (χ1v) is 8.64. The van der Waals surface area contributed by atoms with Crippen molar-refractivity contribution in [1.82, 2.24) is 10.2 Å². The van der Waals surface area contributed by atoms with Crippen LogP contribution in [0, 0.1) is 0 Å². The van der Waals surface area contributed by atoms with Gasteiger partial charge in [-0.05, 0) is 66.9 Å². The van der Waals surface area contributed by atoms with Crippen LogP contribution in [0.2, 0.25) is 5.02 Å². The highest BCUT2D eigenvalue weighted by Gasteiger charge is 2.18. The fourth-order valence-corrected chi connectivity index (χ4v) is 3.24. The highest BCUT2D eigenvalue weighted by atomic mass is 79.9. The molecule has 1 aliphatic rings. The minimum atomic E-state index is 0.549. The molecule has 112 valence electrons. The topological polar surface area (TPSA) is 15.3 Å². The Labute approximate surface area is 136 Å². The Balaban J connectivity index is 1.99. The van der Waals surface area contributed by atoms with Crippen LogP contribution in [-0.4, -0.2) is 30.1 Å². The zero-order chi connectivity index (χ0) is 14.5. The van der Waals surface area contributed by atoms with Crippen LogP contribution in [0.25, 0.3) is 0 Å². The predicted molar refractivity (Wildman–Crippen MR) is 90.3 cm³/mol. The summed E-state index contributed by atoms with van der Waals surface area (Å²) in [5.74, 6) is 0. The van der Waals surface area contributed by atoms with E-state index < -0.39 is 0 Å². The first kappa shape index (κ1) is 16.3. The molecule has 4 heteroatoms. The minimum absolute atomic E-state index is 0.549. The fourth-order valence-electron chi connectivity index (χ4n) is 2.69. The van der Waals surface area contributed by atoms with Crippen LogP contribution in [0.4, 0.5) is 0 Å². The first-order valence-electron chi connectivity index (χ1n) is 7.47. The van der Waals surface area contributed by atoms with E-state index in [2.05, 4.69) is 52.1 Å². The predicted octanol–water partition coefficient (Wildman–Crippen LogP) is 4.46. The second kappa shape index (κ2) is 7.79. The maximum atomic E-state index is 6.06. The molecule has 1 aliphatic heterocycles. The normalized spacial score (nSPS) is 19.8. The maximum Gasteiger partial charge on any atom is 0.0548 e. The number of nitrogens with one attached hydrogen (secondary N) is 1. The number of hydrogen-bond acceptors (Lipinski definition) is 2. The molecule has 1 saturated heterocycles. The zero-order valence-electron chi connectivity index (χ0n) is 12.3. The lowest BCUT2D eigenvalue weighted by atomic mass is 10.0. The highest BCUT2D eigenvalue weighted by Crippen LogP contribution is 2.24. The van der Waals surface area contributed by atoms with Gasteiger partial charge in [0.2, 0.25) is 0 Å². The van der Waals surface area contributed by atoms with Crippen molar-refractivity contribution in [3.05, 3.63) is 33.3 Å². The molecule has 1 N–H and O–H groups in total. The summed E-state index contributed by atoms with van der Waals surface area (Å²) in [7, 11) is 0. The van der Waals surface area contributed by atoms with Gasteiger partial charge in [-0.15, -0.1) is 0 Å². The summed E-state index contributed by atoms with van der Waals surface area (Å²) in [6, 6.07) is 7.41. The van der Waals surface area contributed by atoms with Crippen molar-refractivity contribution in [3.63, 3.8) is 0 Å². The van der Waals surface area contributed by atoms with Crippen LogP contribution in [0.5, 0.6) is 0 Å². The molecule has 0 radical (unpaired) electrons. The van der Waals surface area contributed by atoms with Crippen molar-refractivity contribution >= 4 is 27.5 Å². The lowest BCUT2D eigenvalue weighted by Gasteiger charge is -2.33. The van der Waals surface area contributed by atoms with Gasteiger partial charge in [0.1, 0.15) is 0 Å². The number of piperidine rings is 1. The van der Waals surface area contributed by atoms with Gasteiger partial charge in [-0.2, -0.15) is 0 Å². The number of halogens is 2. The quantitative estimate of drug-likeness (QED) is 0.835. The van der Waals surface area contributed by atoms with E-state index in [1.807, 2.05) is 6.07 Å². The smallest absolute Gasteiger partial charge is 0.0548 e. The number of nitrogens with zero attached hydrogens (tertiary/aromatic N) is 1. The summed E-state index contributed by atoms with van der Waals surface area (Å²) in [5.41, 5.74) is 1.31.